The Morgan fingerprint density at radius 1 is 1.37 bits per heavy atom. The van der Waals surface area contributed by atoms with Crippen LogP contribution in [-0.2, 0) is 0 Å². The summed E-state index contributed by atoms with van der Waals surface area (Å²) in [6.07, 6.45) is 1.14. The first-order valence-electron chi connectivity index (χ1n) is 5.32. The number of rotatable bonds is 4. The molecule has 0 unspecified atom stereocenters. The third kappa shape index (κ3) is 2.89. The topological polar surface area (TPSA) is 93.0 Å². The molecule has 0 saturated carbocycles. The first-order valence-corrected chi connectivity index (χ1v) is 5.70. The van der Waals surface area contributed by atoms with Crippen LogP contribution in [0, 0.1) is 10.1 Å². The largest absolute Gasteiger partial charge is 0.367 e. The Kier molecular flexibility index (Phi) is 3.76. The lowest BCUT2D eigenvalue weighted by Crippen LogP contribution is -2.04. The summed E-state index contributed by atoms with van der Waals surface area (Å²) in [4.78, 5) is 18.1. The van der Waals surface area contributed by atoms with E-state index in [2.05, 4.69) is 20.6 Å². The quantitative estimate of drug-likeness (QED) is 0.660. The number of para-hydroxylation sites is 1. The van der Waals surface area contributed by atoms with Gasteiger partial charge in [0.25, 0.3) is 0 Å². The van der Waals surface area contributed by atoms with E-state index in [9.17, 15) is 10.1 Å². The fraction of sp³-hybridized carbons (Fsp3) is 0.0909. The van der Waals surface area contributed by atoms with Crippen molar-refractivity contribution in [2.75, 3.05) is 17.7 Å². The Labute approximate surface area is 113 Å². The van der Waals surface area contributed by atoms with Crippen molar-refractivity contribution >= 4 is 34.7 Å². The minimum atomic E-state index is -0.550. The smallest absolute Gasteiger partial charge is 0.329 e. The summed E-state index contributed by atoms with van der Waals surface area (Å²) < 4.78 is 0. The van der Waals surface area contributed by atoms with Gasteiger partial charge in [-0.2, -0.15) is 4.98 Å². The van der Waals surface area contributed by atoms with Crippen LogP contribution in [0.5, 0.6) is 0 Å². The normalized spacial score (nSPS) is 10.0. The molecule has 19 heavy (non-hydrogen) atoms. The van der Waals surface area contributed by atoms with Gasteiger partial charge < -0.3 is 10.6 Å². The van der Waals surface area contributed by atoms with Crippen LogP contribution >= 0.6 is 11.6 Å². The summed E-state index contributed by atoms with van der Waals surface area (Å²) in [5.41, 5.74) is 0.437. The van der Waals surface area contributed by atoms with Crippen molar-refractivity contribution in [3.63, 3.8) is 0 Å². The molecule has 0 aliphatic rings. The van der Waals surface area contributed by atoms with Crippen molar-refractivity contribution < 1.29 is 4.92 Å². The van der Waals surface area contributed by atoms with Gasteiger partial charge in [-0.3, -0.25) is 10.1 Å². The van der Waals surface area contributed by atoms with Gasteiger partial charge in [0.1, 0.15) is 6.20 Å². The average molecular weight is 280 g/mol. The van der Waals surface area contributed by atoms with Crippen molar-refractivity contribution in [1.82, 2.24) is 9.97 Å². The molecule has 0 atom stereocenters. The van der Waals surface area contributed by atoms with Crippen molar-refractivity contribution in [2.45, 2.75) is 0 Å². The fourth-order valence-electron chi connectivity index (χ4n) is 1.44. The summed E-state index contributed by atoms with van der Waals surface area (Å²) in [6.45, 7) is 0. The maximum atomic E-state index is 10.7. The first kappa shape index (κ1) is 13.0. The third-order valence-corrected chi connectivity index (χ3v) is 2.65. The Morgan fingerprint density at radius 3 is 2.74 bits per heavy atom. The number of nitrogens with one attached hydrogen (secondary N) is 2. The van der Waals surface area contributed by atoms with Gasteiger partial charge in [0, 0.05) is 7.05 Å². The van der Waals surface area contributed by atoms with Gasteiger partial charge in [0.05, 0.1) is 15.6 Å². The Balaban J connectivity index is 2.32. The van der Waals surface area contributed by atoms with Crippen LogP contribution in [0.4, 0.5) is 23.1 Å². The molecule has 0 radical (unpaired) electrons. The van der Waals surface area contributed by atoms with E-state index in [0.717, 1.165) is 6.20 Å². The standard InChI is InChI=1S/C11H10ClN5O2/c1-13-10-9(17(18)19)6-14-11(16-10)15-8-5-3-2-4-7(8)12/h2-6H,1H3,(H2,13,14,15,16). The number of hydrogen-bond acceptors (Lipinski definition) is 6. The Morgan fingerprint density at radius 2 is 2.11 bits per heavy atom. The van der Waals surface area contributed by atoms with E-state index in [1.54, 1.807) is 31.3 Å². The van der Waals surface area contributed by atoms with Gasteiger partial charge in [0.15, 0.2) is 0 Å². The summed E-state index contributed by atoms with van der Waals surface area (Å²) >= 11 is 5.99. The van der Waals surface area contributed by atoms with Gasteiger partial charge in [-0.1, -0.05) is 23.7 Å². The molecular formula is C11H10ClN5O2. The highest BCUT2D eigenvalue weighted by Crippen LogP contribution is 2.26. The van der Waals surface area contributed by atoms with Crippen LogP contribution in [0.1, 0.15) is 0 Å². The van der Waals surface area contributed by atoms with E-state index in [-0.39, 0.29) is 17.5 Å². The van der Waals surface area contributed by atoms with Gasteiger partial charge in [-0.15, -0.1) is 0 Å². The number of benzene rings is 1. The van der Waals surface area contributed by atoms with E-state index < -0.39 is 4.92 Å². The van der Waals surface area contributed by atoms with Crippen LogP contribution in [0.2, 0.25) is 5.02 Å². The SMILES string of the molecule is CNc1nc(Nc2ccccc2Cl)ncc1[N+](=O)[O-]. The lowest BCUT2D eigenvalue weighted by Gasteiger charge is -2.07. The predicted molar refractivity (Wildman–Crippen MR) is 73.0 cm³/mol. The minimum absolute atomic E-state index is 0.134. The second-order valence-electron chi connectivity index (χ2n) is 3.54. The van der Waals surface area contributed by atoms with Crippen molar-refractivity contribution in [3.8, 4) is 0 Å². The van der Waals surface area contributed by atoms with Crippen LogP contribution < -0.4 is 10.6 Å². The minimum Gasteiger partial charge on any atom is -0.367 e. The van der Waals surface area contributed by atoms with Gasteiger partial charge >= 0.3 is 5.69 Å². The number of hydrogen-bond donors (Lipinski definition) is 2. The highest BCUT2D eigenvalue weighted by Gasteiger charge is 2.16. The van der Waals surface area contributed by atoms with Gasteiger partial charge in [-0.25, -0.2) is 4.98 Å². The molecule has 2 aromatic rings. The summed E-state index contributed by atoms with van der Waals surface area (Å²) in [6, 6.07) is 7.07. The van der Waals surface area contributed by atoms with Crippen LogP contribution in [-0.4, -0.2) is 21.9 Å². The number of nitro groups is 1. The lowest BCUT2D eigenvalue weighted by molar-refractivity contribution is -0.384. The molecular weight excluding hydrogens is 270 g/mol. The molecule has 8 heteroatoms. The molecule has 0 aliphatic heterocycles. The number of anilines is 3. The Bertz CT molecular complexity index is 620. The van der Waals surface area contributed by atoms with Crippen molar-refractivity contribution in [1.29, 1.82) is 0 Å². The molecule has 2 rings (SSSR count). The summed E-state index contributed by atoms with van der Waals surface area (Å²) in [7, 11) is 1.55. The second kappa shape index (κ2) is 5.49. The molecule has 0 bridgehead atoms. The zero-order valence-corrected chi connectivity index (χ0v) is 10.7. The Hall–Kier alpha value is -2.41. The second-order valence-corrected chi connectivity index (χ2v) is 3.95. The van der Waals surface area contributed by atoms with E-state index in [1.165, 1.54) is 0 Å². The number of aromatic nitrogens is 2. The highest BCUT2D eigenvalue weighted by atomic mass is 35.5. The molecule has 7 nitrogen and oxygen atoms in total. The van der Waals surface area contributed by atoms with Crippen LogP contribution in [0.3, 0.4) is 0 Å². The molecule has 0 aliphatic carbocycles. The van der Waals surface area contributed by atoms with Crippen molar-refractivity contribution in [2.24, 2.45) is 0 Å². The molecule has 0 saturated heterocycles. The molecule has 98 valence electrons. The molecule has 0 fully saturated rings. The molecule has 1 heterocycles. The van der Waals surface area contributed by atoms with E-state index in [4.69, 9.17) is 11.6 Å². The maximum Gasteiger partial charge on any atom is 0.329 e. The van der Waals surface area contributed by atoms with Crippen LogP contribution in [0.15, 0.2) is 30.5 Å². The molecule has 0 amide bonds. The van der Waals surface area contributed by atoms with Crippen LogP contribution in [0.25, 0.3) is 0 Å². The first-order chi connectivity index (χ1) is 9.11. The summed E-state index contributed by atoms with van der Waals surface area (Å²) in [5.74, 6) is 0.359. The molecule has 2 N–H and O–H groups in total. The van der Waals surface area contributed by atoms with Gasteiger partial charge in [-0.05, 0) is 12.1 Å². The molecule has 1 aromatic carbocycles. The monoisotopic (exact) mass is 279 g/mol. The fourth-order valence-corrected chi connectivity index (χ4v) is 1.62. The zero-order valence-electron chi connectivity index (χ0n) is 9.92. The molecule has 1 aromatic heterocycles. The highest BCUT2D eigenvalue weighted by molar-refractivity contribution is 6.33. The van der Waals surface area contributed by atoms with E-state index in [1.807, 2.05) is 0 Å². The number of nitrogens with zero attached hydrogens (tertiary/aromatic N) is 3. The van der Waals surface area contributed by atoms with E-state index >= 15 is 0 Å². The average Bonchev–Trinajstić information content (AvgIpc) is 2.41. The van der Waals surface area contributed by atoms with Gasteiger partial charge in [0.2, 0.25) is 11.8 Å². The van der Waals surface area contributed by atoms with E-state index in [0.29, 0.717) is 10.7 Å². The third-order valence-electron chi connectivity index (χ3n) is 2.32. The maximum absolute atomic E-state index is 10.7. The molecule has 0 spiro atoms. The zero-order chi connectivity index (χ0) is 13.8. The summed E-state index contributed by atoms with van der Waals surface area (Å²) in [5, 5.41) is 16.8. The lowest BCUT2D eigenvalue weighted by atomic mass is 10.3. The van der Waals surface area contributed by atoms with Crippen molar-refractivity contribution in [3.05, 3.63) is 45.6 Å². The number of halogens is 1. The predicted octanol–water partition coefficient (Wildman–Crippen LogP) is 2.82.